The van der Waals surface area contributed by atoms with Crippen molar-refractivity contribution in [3.63, 3.8) is 0 Å². The number of halogens is 1. The minimum Gasteiger partial charge on any atom is -0.480 e. The molecule has 1 aromatic carbocycles. The van der Waals surface area contributed by atoms with Crippen molar-refractivity contribution in [3.05, 3.63) is 33.8 Å². The van der Waals surface area contributed by atoms with Crippen LogP contribution in [0.25, 0.3) is 0 Å². The van der Waals surface area contributed by atoms with Crippen molar-refractivity contribution in [2.75, 3.05) is 0 Å². The second kappa shape index (κ2) is 4.49. The number of carbonyl (C=O) groups excluding carboxylic acids is 1. The molecule has 1 heterocycles. The Morgan fingerprint density at radius 3 is 2.71 bits per heavy atom. The highest BCUT2D eigenvalue weighted by Gasteiger charge is 2.32. The molecule has 17 heavy (non-hydrogen) atoms. The average Bonchev–Trinajstić information content (AvgIpc) is 2.26. The largest absolute Gasteiger partial charge is 0.480 e. The first-order valence-corrected chi connectivity index (χ1v) is 6.05. The van der Waals surface area contributed by atoms with Crippen LogP contribution in [0.4, 0.5) is 0 Å². The van der Waals surface area contributed by atoms with E-state index in [4.69, 9.17) is 5.11 Å². The number of fused-ring (bicyclic) bond motifs is 1. The molecule has 5 heteroatoms. The summed E-state index contributed by atoms with van der Waals surface area (Å²) in [7, 11) is 0. The number of benzene rings is 1. The molecule has 1 aliphatic heterocycles. The third kappa shape index (κ3) is 2.34. The highest BCUT2D eigenvalue weighted by atomic mass is 79.9. The van der Waals surface area contributed by atoms with Crippen LogP contribution in [0.1, 0.15) is 18.1 Å². The van der Waals surface area contributed by atoms with Crippen molar-refractivity contribution in [1.29, 1.82) is 0 Å². The maximum atomic E-state index is 11.5. The molecule has 1 atom stereocenters. The van der Waals surface area contributed by atoms with E-state index in [1.807, 2.05) is 18.2 Å². The molecule has 0 unspecified atom stereocenters. The Kier molecular flexibility index (Phi) is 3.19. The highest BCUT2D eigenvalue weighted by Crippen LogP contribution is 2.26. The van der Waals surface area contributed by atoms with E-state index in [0.717, 1.165) is 15.6 Å². The van der Waals surface area contributed by atoms with Gasteiger partial charge in [0.15, 0.2) is 0 Å². The maximum Gasteiger partial charge on any atom is 0.326 e. The van der Waals surface area contributed by atoms with E-state index < -0.39 is 12.0 Å². The number of hydrogen-bond acceptors (Lipinski definition) is 2. The summed E-state index contributed by atoms with van der Waals surface area (Å²) < 4.78 is 0.938. The minimum absolute atomic E-state index is 0.206. The highest BCUT2D eigenvalue weighted by molar-refractivity contribution is 9.10. The van der Waals surface area contributed by atoms with E-state index >= 15 is 0 Å². The molecular weight excluding hydrogens is 286 g/mol. The topological polar surface area (TPSA) is 57.6 Å². The first-order valence-electron chi connectivity index (χ1n) is 5.26. The van der Waals surface area contributed by atoms with Gasteiger partial charge < -0.3 is 10.0 Å². The smallest absolute Gasteiger partial charge is 0.326 e. The molecule has 0 fully saturated rings. The van der Waals surface area contributed by atoms with Crippen LogP contribution in [0.5, 0.6) is 0 Å². The van der Waals surface area contributed by atoms with E-state index in [1.54, 1.807) is 0 Å². The predicted octanol–water partition coefficient (Wildman–Crippen LogP) is 1.81. The van der Waals surface area contributed by atoms with E-state index in [-0.39, 0.29) is 5.91 Å². The summed E-state index contributed by atoms with van der Waals surface area (Å²) in [6.45, 7) is 1.76. The SMILES string of the molecule is CC(=O)N1Cc2cc(Br)ccc2C[C@H]1C(=O)O. The Labute approximate surface area is 107 Å². The van der Waals surface area contributed by atoms with Crippen LogP contribution >= 0.6 is 15.9 Å². The third-order valence-corrected chi connectivity index (χ3v) is 3.48. The summed E-state index contributed by atoms with van der Waals surface area (Å²) in [6, 6.07) is 4.98. The van der Waals surface area contributed by atoms with Gasteiger partial charge in [-0.15, -0.1) is 0 Å². The number of carbonyl (C=O) groups is 2. The van der Waals surface area contributed by atoms with Crippen molar-refractivity contribution >= 4 is 27.8 Å². The summed E-state index contributed by atoms with van der Waals surface area (Å²) >= 11 is 3.37. The molecule has 0 saturated carbocycles. The van der Waals surface area contributed by atoms with Gasteiger partial charge in [0.25, 0.3) is 0 Å². The van der Waals surface area contributed by atoms with Gasteiger partial charge in [-0.2, -0.15) is 0 Å². The number of carboxylic acids is 1. The molecule has 1 amide bonds. The Morgan fingerprint density at radius 1 is 1.41 bits per heavy atom. The van der Waals surface area contributed by atoms with Gasteiger partial charge in [-0.3, -0.25) is 4.79 Å². The molecule has 0 aliphatic carbocycles. The van der Waals surface area contributed by atoms with Crippen LogP contribution in [-0.4, -0.2) is 27.9 Å². The summed E-state index contributed by atoms with van der Waals surface area (Å²) in [5.41, 5.74) is 2.00. The number of hydrogen-bond donors (Lipinski definition) is 1. The van der Waals surface area contributed by atoms with Gasteiger partial charge in [-0.1, -0.05) is 22.0 Å². The zero-order valence-electron chi connectivity index (χ0n) is 9.31. The van der Waals surface area contributed by atoms with Gasteiger partial charge in [-0.25, -0.2) is 4.79 Å². The molecule has 90 valence electrons. The van der Waals surface area contributed by atoms with Crippen LogP contribution in [0.3, 0.4) is 0 Å². The van der Waals surface area contributed by atoms with E-state index in [0.29, 0.717) is 13.0 Å². The zero-order valence-corrected chi connectivity index (χ0v) is 10.9. The predicted molar refractivity (Wildman–Crippen MR) is 65.5 cm³/mol. The molecule has 0 radical (unpaired) electrons. The molecule has 1 N–H and O–H groups in total. The third-order valence-electron chi connectivity index (χ3n) is 2.99. The Morgan fingerprint density at radius 2 is 2.12 bits per heavy atom. The van der Waals surface area contributed by atoms with Gasteiger partial charge in [0.05, 0.1) is 0 Å². The normalized spacial score (nSPS) is 18.7. The van der Waals surface area contributed by atoms with Crippen molar-refractivity contribution in [3.8, 4) is 0 Å². The summed E-state index contributed by atoms with van der Waals surface area (Å²) in [6.07, 6.45) is 0.373. The summed E-state index contributed by atoms with van der Waals surface area (Å²) in [5.74, 6) is -1.16. The van der Waals surface area contributed by atoms with Crippen molar-refractivity contribution in [2.45, 2.75) is 25.9 Å². The number of nitrogens with zero attached hydrogens (tertiary/aromatic N) is 1. The molecule has 4 nitrogen and oxygen atoms in total. The molecule has 2 rings (SSSR count). The zero-order chi connectivity index (χ0) is 12.6. The molecule has 1 aromatic rings. The van der Waals surface area contributed by atoms with E-state index in [9.17, 15) is 9.59 Å². The monoisotopic (exact) mass is 297 g/mol. The fourth-order valence-corrected chi connectivity index (χ4v) is 2.51. The molecule has 0 spiro atoms. The fraction of sp³-hybridized carbons (Fsp3) is 0.333. The Bertz CT molecular complexity index is 487. The molecule has 0 saturated heterocycles. The van der Waals surface area contributed by atoms with Gasteiger partial charge in [0.1, 0.15) is 6.04 Å². The average molecular weight is 298 g/mol. The first-order chi connectivity index (χ1) is 7.99. The van der Waals surface area contributed by atoms with Gasteiger partial charge >= 0.3 is 5.97 Å². The standard InChI is InChI=1S/C12H12BrNO3/c1-7(15)14-6-9-4-10(13)3-2-8(9)5-11(14)12(16)17/h2-4,11H,5-6H2,1H3,(H,16,17)/t11-/m0/s1. The maximum absolute atomic E-state index is 11.5. The lowest BCUT2D eigenvalue weighted by Crippen LogP contribution is -2.47. The van der Waals surface area contributed by atoms with Crippen LogP contribution < -0.4 is 0 Å². The van der Waals surface area contributed by atoms with Crippen molar-refractivity contribution in [1.82, 2.24) is 4.90 Å². The summed E-state index contributed by atoms with van der Waals surface area (Å²) in [4.78, 5) is 24.0. The quantitative estimate of drug-likeness (QED) is 0.860. The van der Waals surface area contributed by atoms with Crippen LogP contribution in [0.15, 0.2) is 22.7 Å². The summed E-state index contributed by atoms with van der Waals surface area (Å²) in [5, 5.41) is 9.13. The number of rotatable bonds is 1. The van der Waals surface area contributed by atoms with E-state index in [2.05, 4.69) is 15.9 Å². The Balaban J connectivity index is 2.39. The second-order valence-electron chi connectivity index (χ2n) is 4.12. The lowest BCUT2D eigenvalue weighted by atomic mass is 9.94. The van der Waals surface area contributed by atoms with Crippen molar-refractivity contribution in [2.24, 2.45) is 0 Å². The molecule has 0 aromatic heterocycles. The van der Waals surface area contributed by atoms with Gasteiger partial charge in [0.2, 0.25) is 5.91 Å². The van der Waals surface area contributed by atoms with Crippen LogP contribution in [0, 0.1) is 0 Å². The Hall–Kier alpha value is -1.36. The second-order valence-corrected chi connectivity index (χ2v) is 5.03. The van der Waals surface area contributed by atoms with Gasteiger partial charge in [-0.05, 0) is 23.3 Å². The lowest BCUT2D eigenvalue weighted by Gasteiger charge is -2.33. The fourth-order valence-electron chi connectivity index (χ4n) is 2.10. The first kappa shape index (κ1) is 12.1. The lowest BCUT2D eigenvalue weighted by molar-refractivity contribution is -0.150. The molecular formula is C12H12BrNO3. The number of amides is 1. The minimum atomic E-state index is -0.950. The van der Waals surface area contributed by atoms with Gasteiger partial charge in [0, 0.05) is 24.4 Å². The van der Waals surface area contributed by atoms with E-state index in [1.165, 1.54) is 11.8 Å². The number of carboxylic acid groups (broad SMARTS) is 1. The molecule has 0 bridgehead atoms. The number of aliphatic carboxylic acids is 1. The van der Waals surface area contributed by atoms with Crippen molar-refractivity contribution < 1.29 is 14.7 Å². The van der Waals surface area contributed by atoms with Crippen LogP contribution in [-0.2, 0) is 22.6 Å². The van der Waals surface area contributed by atoms with Crippen LogP contribution in [0.2, 0.25) is 0 Å². The molecule has 1 aliphatic rings.